The molecule has 1 aliphatic heterocycles. The van der Waals surface area contributed by atoms with Gasteiger partial charge in [-0.2, -0.15) is 0 Å². The lowest BCUT2D eigenvalue weighted by Crippen LogP contribution is -2.50. The van der Waals surface area contributed by atoms with Crippen LogP contribution in [0.25, 0.3) is 0 Å². The summed E-state index contributed by atoms with van der Waals surface area (Å²) in [5.41, 5.74) is 0.449. The fraction of sp³-hybridized carbons (Fsp3) is 0.462. The molecule has 0 bridgehead atoms. The monoisotopic (exact) mass is 287 g/mol. The van der Waals surface area contributed by atoms with Crippen LogP contribution < -0.4 is 0 Å². The smallest absolute Gasteiger partial charge is 0.255 e. The van der Waals surface area contributed by atoms with Crippen molar-refractivity contribution in [1.82, 2.24) is 4.90 Å². The van der Waals surface area contributed by atoms with Crippen molar-refractivity contribution in [1.29, 1.82) is 0 Å². The van der Waals surface area contributed by atoms with Gasteiger partial charge in [0.2, 0.25) is 0 Å². The summed E-state index contributed by atoms with van der Waals surface area (Å²) in [6.07, 6.45) is 0.0445. The zero-order valence-electron chi connectivity index (χ0n) is 10.3. The van der Waals surface area contributed by atoms with Crippen LogP contribution in [0.3, 0.4) is 0 Å². The molecule has 0 spiro atoms. The van der Waals surface area contributed by atoms with E-state index in [0.29, 0.717) is 28.8 Å². The van der Waals surface area contributed by atoms with Crippen molar-refractivity contribution in [2.75, 3.05) is 13.2 Å². The van der Waals surface area contributed by atoms with Gasteiger partial charge < -0.3 is 9.64 Å². The summed E-state index contributed by atoms with van der Waals surface area (Å²) in [5, 5.41) is 0.715. The third kappa shape index (κ3) is 2.63. The Labute approximate surface area is 117 Å². The molecule has 1 amide bonds. The van der Waals surface area contributed by atoms with Gasteiger partial charge >= 0.3 is 0 Å². The van der Waals surface area contributed by atoms with Gasteiger partial charge in [-0.1, -0.05) is 29.3 Å². The number of hydrogen-bond donors (Lipinski definition) is 0. The van der Waals surface area contributed by atoms with Crippen LogP contribution in [0.2, 0.25) is 10.0 Å². The molecular formula is C13H15Cl2NO2. The van der Waals surface area contributed by atoms with Crippen molar-refractivity contribution in [3.8, 4) is 0 Å². The maximum Gasteiger partial charge on any atom is 0.255 e. The Kier molecular flexibility index (Phi) is 4.15. The van der Waals surface area contributed by atoms with Crippen LogP contribution >= 0.6 is 23.2 Å². The van der Waals surface area contributed by atoms with E-state index >= 15 is 0 Å². The van der Waals surface area contributed by atoms with E-state index in [1.807, 2.05) is 13.8 Å². The van der Waals surface area contributed by atoms with Crippen LogP contribution in [0.5, 0.6) is 0 Å². The maximum atomic E-state index is 12.5. The second-order valence-electron chi connectivity index (χ2n) is 4.55. The number of nitrogens with zero attached hydrogens (tertiary/aromatic N) is 1. The lowest BCUT2D eigenvalue weighted by molar-refractivity contribution is -0.0387. The molecule has 2 unspecified atom stereocenters. The molecule has 3 nitrogen and oxygen atoms in total. The quantitative estimate of drug-likeness (QED) is 0.794. The lowest BCUT2D eigenvalue weighted by atomic mass is 10.1. The third-order valence-electron chi connectivity index (χ3n) is 3.05. The molecular weight excluding hydrogens is 273 g/mol. The first-order valence-electron chi connectivity index (χ1n) is 5.87. The van der Waals surface area contributed by atoms with Crippen molar-refractivity contribution in [2.24, 2.45) is 0 Å². The highest BCUT2D eigenvalue weighted by Gasteiger charge is 2.29. The van der Waals surface area contributed by atoms with Crippen molar-refractivity contribution in [2.45, 2.75) is 26.0 Å². The average molecular weight is 288 g/mol. The predicted molar refractivity (Wildman–Crippen MR) is 72.4 cm³/mol. The molecule has 1 aliphatic rings. The van der Waals surface area contributed by atoms with Crippen molar-refractivity contribution in [3.05, 3.63) is 33.8 Å². The Morgan fingerprint density at radius 1 is 1.39 bits per heavy atom. The van der Waals surface area contributed by atoms with Crippen molar-refractivity contribution >= 4 is 29.1 Å². The molecule has 2 atom stereocenters. The van der Waals surface area contributed by atoms with E-state index in [1.165, 1.54) is 0 Å². The molecule has 1 heterocycles. The zero-order chi connectivity index (χ0) is 13.3. The topological polar surface area (TPSA) is 29.5 Å². The number of rotatable bonds is 1. The van der Waals surface area contributed by atoms with E-state index in [-0.39, 0.29) is 18.1 Å². The van der Waals surface area contributed by atoms with Gasteiger partial charge in [-0.15, -0.1) is 0 Å². The molecule has 1 saturated heterocycles. The number of benzene rings is 1. The Hall–Kier alpha value is -0.770. The Morgan fingerprint density at radius 3 is 2.83 bits per heavy atom. The van der Waals surface area contributed by atoms with Crippen LogP contribution in [0.1, 0.15) is 24.2 Å². The van der Waals surface area contributed by atoms with Crippen LogP contribution in [-0.4, -0.2) is 36.1 Å². The highest BCUT2D eigenvalue weighted by Crippen LogP contribution is 2.27. The number of carbonyl (C=O) groups is 1. The molecule has 0 aliphatic carbocycles. The van der Waals surface area contributed by atoms with Crippen LogP contribution in [0, 0.1) is 0 Å². The summed E-state index contributed by atoms with van der Waals surface area (Å²) in [6, 6.07) is 5.15. The lowest BCUT2D eigenvalue weighted by Gasteiger charge is -2.37. The molecule has 1 aromatic rings. The van der Waals surface area contributed by atoms with Gasteiger partial charge in [-0.05, 0) is 26.0 Å². The van der Waals surface area contributed by atoms with Gasteiger partial charge in [0.25, 0.3) is 5.91 Å². The molecule has 5 heteroatoms. The first-order valence-corrected chi connectivity index (χ1v) is 6.63. The Morgan fingerprint density at radius 2 is 2.11 bits per heavy atom. The Balaban J connectivity index is 2.27. The SMILES string of the molecule is CC1CN(C(=O)c2cccc(Cl)c2Cl)C(C)CO1. The van der Waals surface area contributed by atoms with Gasteiger partial charge in [0, 0.05) is 6.54 Å². The van der Waals surface area contributed by atoms with Gasteiger partial charge in [0.1, 0.15) is 0 Å². The first-order chi connectivity index (χ1) is 8.50. The van der Waals surface area contributed by atoms with Gasteiger partial charge in [0.05, 0.1) is 34.4 Å². The van der Waals surface area contributed by atoms with E-state index < -0.39 is 0 Å². The van der Waals surface area contributed by atoms with E-state index in [1.54, 1.807) is 23.1 Å². The second kappa shape index (κ2) is 5.47. The standard InChI is InChI=1S/C13H15Cl2NO2/c1-8-7-18-9(2)6-16(8)13(17)10-4-3-5-11(14)12(10)15/h3-5,8-9H,6-7H2,1-2H3. The molecule has 0 aromatic heterocycles. The number of morpholine rings is 1. The van der Waals surface area contributed by atoms with Gasteiger partial charge in [-0.3, -0.25) is 4.79 Å². The van der Waals surface area contributed by atoms with Crippen molar-refractivity contribution in [3.63, 3.8) is 0 Å². The highest BCUT2D eigenvalue weighted by atomic mass is 35.5. The van der Waals surface area contributed by atoms with Gasteiger partial charge in [-0.25, -0.2) is 0 Å². The second-order valence-corrected chi connectivity index (χ2v) is 5.34. The Bertz CT molecular complexity index is 464. The number of hydrogen-bond acceptors (Lipinski definition) is 2. The predicted octanol–water partition coefficient (Wildman–Crippen LogP) is 3.24. The summed E-state index contributed by atoms with van der Waals surface area (Å²) < 4.78 is 5.51. The normalized spacial score (nSPS) is 24.1. The number of halogens is 2. The maximum absolute atomic E-state index is 12.5. The fourth-order valence-electron chi connectivity index (χ4n) is 2.01. The van der Waals surface area contributed by atoms with E-state index in [9.17, 15) is 4.79 Å². The minimum Gasteiger partial charge on any atom is -0.375 e. The number of amides is 1. The molecule has 98 valence electrons. The molecule has 0 saturated carbocycles. The summed E-state index contributed by atoms with van der Waals surface area (Å²) >= 11 is 12.0. The fourth-order valence-corrected chi connectivity index (χ4v) is 2.39. The van der Waals surface area contributed by atoms with Crippen LogP contribution in [0.4, 0.5) is 0 Å². The summed E-state index contributed by atoms with van der Waals surface area (Å²) in [5.74, 6) is -0.0925. The molecule has 2 rings (SSSR count). The van der Waals surface area contributed by atoms with Crippen LogP contribution in [0.15, 0.2) is 18.2 Å². The first kappa shape index (κ1) is 13.7. The average Bonchev–Trinajstić information content (AvgIpc) is 2.35. The van der Waals surface area contributed by atoms with Crippen LogP contribution in [-0.2, 0) is 4.74 Å². The van der Waals surface area contributed by atoms with E-state index in [0.717, 1.165) is 0 Å². The minimum absolute atomic E-state index is 0.0445. The number of ether oxygens (including phenoxy) is 1. The summed E-state index contributed by atoms with van der Waals surface area (Å²) in [4.78, 5) is 14.2. The molecule has 1 fully saturated rings. The minimum atomic E-state index is -0.0925. The zero-order valence-corrected chi connectivity index (χ0v) is 11.8. The molecule has 0 N–H and O–H groups in total. The molecule has 18 heavy (non-hydrogen) atoms. The van der Waals surface area contributed by atoms with Gasteiger partial charge in [0.15, 0.2) is 0 Å². The summed E-state index contributed by atoms with van der Waals surface area (Å²) in [7, 11) is 0. The molecule has 1 aromatic carbocycles. The van der Waals surface area contributed by atoms with Crippen molar-refractivity contribution < 1.29 is 9.53 Å². The molecule has 0 radical (unpaired) electrons. The third-order valence-corrected chi connectivity index (χ3v) is 3.87. The summed E-state index contributed by atoms with van der Waals surface area (Å²) in [6.45, 7) is 5.03. The highest BCUT2D eigenvalue weighted by molar-refractivity contribution is 6.43. The van der Waals surface area contributed by atoms with E-state index in [4.69, 9.17) is 27.9 Å². The number of carbonyl (C=O) groups excluding carboxylic acids is 1. The largest absolute Gasteiger partial charge is 0.375 e. The van der Waals surface area contributed by atoms with E-state index in [2.05, 4.69) is 0 Å².